The molecule has 0 amide bonds. The fourth-order valence-electron chi connectivity index (χ4n) is 2.00. The molecule has 0 saturated carbocycles. The van der Waals surface area contributed by atoms with Crippen molar-refractivity contribution in [1.29, 1.82) is 0 Å². The Hall–Kier alpha value is -2.93. The van der Waals surface area contributed by atoms with Crippen molar-refractivity contribution in [3.05, 3.63) is 69.2 Å². The summed E-state index contributed by atoms with van der Waals surface area (Å²) < 4.78 is 10.6. The maximum atomic E-state index is 12.2. The molecular weight excluding hydrogens is 362 g/mol. The van der Waals surface area contributed by atoms with Gasteiger partial charge in [-0.3, -0.25) is 14.9 Å². The van der Waals surface area contributed by atoms with Crippen LogP contribution in [0.5, 0.6) is 5.75 Å². The van der Waals surface area contributed by atoms with Crippen molar-refractivity contribution in [2.24, 2.45) is 0 Å². The first-order chi connectivity index (χ1) is 12.2. The Morgan fingerprint density at radius 3 is 2.19 bits per heavy atom. The number of rotatable bonds is 7. The number of hydrogen-bond donors (Lipinski definition) is 0. The second-order valence-corrected chi connectivity index (χ2v) is 6.31. The summed E-state index contributed by atoms with van der Waals surface area (Å²) in [5, 5.41) is 11.1. The molecule has 2 rings (SSSR count). The van der Waals surface area contributed by atoms with Crippen LogP contribution in [0.15, 0.2) is 48.5 Å². The van der Waals surface area contributed by atoms with Gasteiger partial charge in [0.1, 0.15) is 5.75 Å². The lowest BCUT2D eigenvalue weighted by atomic mass is 10.1. The van der Waals surface area contributed by atoms with E-state index < -0.39 is 28.9 Å². The molecule has 0 fully saturated rings. The number of nitro groups is 1. The number of benzene rings is 2. The zero-order valence-corrected chi connectivity index (χ0v) is 14.9. The van der Waals surface area contributed by atoms with Gasteiger partial charge in [0.05, 0.1) is 4.92 Å². The van der Waals surface area contributed by atoms with E-state index >= 15 is 0 Å². The molecule has 0 radical (unpaired) electrons. The van der Waals surface area contributed by atoms with Crippen LogP contribution < -0.4 is 4.74 Å². The highest BCUT2D eigenvalue weighted by molar-refractivity contribution is 6.30. The third kappa shape index (κ3) is 5.03. The number of hydrogen-bond acceptors (Lipinski definition) is 6. The van der Waals surface area contributed by atoms with Crippen molar-refractivity contribution < 1.29 is 24.0 Å². The first kappa shape index (κ1) is 19.4. The Bertz CT molecular complexity index is 815. The summed E-state index contributed by atoms with van der Waals surface area (Å²) in [6.45, 7) is 2.53. The topological polar surface area (TPSA) is 95.7 Å². The highest BCUT2D eigenvalue weighted by Gasteiger charge is 2.32. The van der Waals surface area contributed by atoms with Crippen molar-refractivity contribution >= 4 is 29.0 Å². The van der Waals surface area contributed by atoms with Gasteiger partial charge in [-0.15, -0.1) is 0 Å². The third-order valence-electron chi connectivity index (χ3n) is 3.41. The summed E-state index contributed by atoms with van der Waals surface area (Å²) in [7, 11) is 0. The second-order valence-electron chi connectivity index (χ2n) is 5.87. The average Bonchev–Trinajstić information content (AvgIpc) is 2.61. The first-order valence-electron chi connectivity index (χ1n) is 7.58. The van der Waals surface area contributed by atoms with E-state index in [2.05, 4.69) is 0 Å². The molecule has 0 aromatic heterocycles. The van der Waals surface area contributed by atoms with E-state index in [4.69, 9.17) is 21.1 Å². The maximum absolute atomic E-state index is 12.2. The van der Waals surface area contributed by atoms with Gasteiger partial charge in [-0.25, -0.2) is 4.79 Å². The molecule has 0 atom stereocenters. The van der Waals surface area contributed by atoms with Crippen molar-refractivity contribution in [3.63, 3.8) is 0 Å². The molecule has 2 aromatic rings. The minimum Gasteiger partial charge on any atom is -0.476 e. The van der Waals surface area contributed by atoms with Gasteiger partial charge in [-0.1, -0.05) is 11.6 Å². The summed E-state index contributed by atoms with van der Waals surface area (Å²) >= 11 is 5.79. The van der Waals surface area contributed by atoms with Gasteiger partial charge in [0.25, 0.3) is 5.69 Å². The fourth-order valence-corrected chi connectivity index (χ4v) is 2.12. The zero-order valence-electron chi connectivity index (χ0n) is 14.1. The number of carbonyl (C=O) groups is 2. The first-order valence-corrected chi connectivity index (χ1v) is 7.96. The quantitative estimate of drug-likeness (QED) is 0.315. The van der Waals surface area contributed by atoms with E-state index in [0.717, 1.165) is 0 Å². The van der Waals surface area contributed by atoms with Gasteiger partial charge in [0.2, 0.25) is 0 Å². The third-order valence-corrected chi connectivity index (χ3v) is 3.66. The predicted octanol–water partition coefficient (Wildman–Crippen LogP) is 3.83. The summed E-state index contributed by atoms with van der Waals surface area (Å²) in [5.41, 5.74) is -1.24. The Balaban J connectivity index is 1.94. The Morgan fingerprint density at radius 1 is 1.08 bits per heavy atom. The monoisotopic (exact) mass is 377 g/mol. The van der Waals surface area contributed by atoms with E-state index in [0.29, 0.717) is 10.8 Å². The molecule has 0 aliphatic heterocycles. The summed E-state index contributed by atoms with van der Waals surface area (Å²) in [6.07, 6.45) is 0. The number of carbonyl (C=O) groups excluding carboxylic acids is 2. The highest BCUT2D eigenvalue weighted by atomic mass is 35.5. The molecule has 0 aliphatic rings. The maximum Gasteiger partial charge on any atom is 0.350 e. The number of Topliss-reactive ketones (excluding diaryl/α,β-unsaturated/α-hetero) is 1. The van der Waals surface area contributed by atoms with E-state index in [1.165, 1.54) is 38.1 Å². The minimum atomic E-state index is -1.32. The van der Waals surface area contributed by atoms with Crippen LogP contribution in [0.25, 0.3) is 0 Å². The van der Waals surface area contributed by atoms with Crippen LogP contribution in [-0.4, -0.2) is 28.9 Å². The van der Waals surface area contributed by atoms with Crippen LogP contribution in [0, 0.1) is 10.1 Å². The van der Waals surface area contributed by atoms with Crippen molar-refractivity contribution in [3.8, 4) is 5.75 Å². The Labute approximate surface area is 154 Å². The SMILES string of the molecule is CC(C)(Oc1ccc(Cl)cc1)C(=O)OCC(=O)c1ccc([N+](=O)[O-])cc1. The van der Waals surface area contributed by atoms with Gasteiger partial charge >= 0.3 is 5.97 Å². The molecule has 26 heavy (non-hydrogen) atoms. The van der Waals surface area contributed by atoms with Crippen LogP contribution in [0.2, 0.25) is 5.02 Å². The van der Waals surface area contributed by atoms with Gasteiger partial charge in [-0.2, -0.15) is 0 Å². The number of halogens is 1. The molecule has 2 aromatic carbocycles. The second kappa shape index (κ2) is 7.97. The molecule has 0 bridgehead atoms. The number of ether oxygens (including phenoxy) is 2. The molecule has 0 unspecified atom stereocenters. The molecule has 0 saturated heterocycles. The lowest BCUT2D eigenvalue weighted by Crippen LogP contribution is -2.40. The van der Waals surface area contributed by atoms with E-state index in [1.54, 1.807) is 24.3 Å². The Kier molecular flexibility index (Phi) is 5.94. The van der Waals surface area contributed by atoms with Crippen LogP contribution in [0.3, 0.4) is 0 Å². The average molecular weight is 378 g/mol. The normalized spacial score (nSPS) is 10.9. The van der Waals surface area contributed by atoms with E-state index in [-0.39, 0.29) is 11.3 Å². The molecule has 8 heteroatoms. The van der Waals surface area contributed by atoms with Gasteiger partial charge < -0.3 is 9.47 Å². The summed E-state index contributed by atoms with van der Waals surface area (Å²) in [5.74, 6) is -0.767. The summed E-state index contributed by atoms with van der Waals surface area (Å²) in [6, 6.07) is 11.5. The molecule has 7 nitrogen and oxygen atoms in total. The molecule has 136 valence electrons. The van der Waals surface area contributed by atoms with Crippen molar-refractivity contribution in [2.75, 3.05) is 6.61 Å². The predicted molar refractivity (Wildman–Crippen MR) is 94.5 cm³/mol. The molecule has 0 spiro atoms. The number of esters is 1. The minimum absolute atomic E-state index is 0.129. The van der Waals surface area contributed by atoms with E-state index in [1.807, 2.05) is 0 Å². The smallest absolute Gasteiger partial charge is 0.350 e. The molecule has 0 N–H and O–H groups in total. The van der Waals surface area contributed by atoms with Crippen molar-refractivity contribution in [1.82, 2.24) is 0 Å². The van der Waals surface area contributed by atoms with Crippen molar-refractivity contribution in [2.45, 2.75) is 19.4 Å². The van der Waals surface area contributed by atoms with Gasteiger partial charge in [-0.05, 0) is 50.2 Å². The van der Waals surface area contributed by atoms with Crippen LogP contribution in [0.4, 0.5) is 5.69 Å². The number of nitro benzene ring substituents is 1. The number of nitrogens with zero attached hydrogens (tertiary/aromatic N) is 1. The Morgan fingerprint density at radius 2 is 1.65 bits per heavy atom. The lowest BCUT2D eigenvalue weighted by molar-refractivity contribution is -0.384. The molecule has 0 aliphatic carbocycles. The van der Waals surface area contributed by atoms with E-state index in [9.17, 15) is 19.7 Å². The largest absolute Gasteiger partial charge is 0.476 e. The highest BCUT2D eigenvalue weighted by Crippen LogP contribution is 2.22. The lowest BCUT2D eigenvalue weighted by Gasteiger charge is -2.24. The van der Waals surface area contributed by atoms with Gasteiger partial charge in [0, 0.05) is 22.7 Å². The number of non-ortho nitro benzene ring substituents is 1. The van der Waals surface area contributed by atoms with Crippen LogP contribution in [0.1, 0.15) is 24.2 Å². The fraction of sp³-hybridized carbons (Fsp3) is 0.222. The molecular formula is C18H16ClNO6. The standard InChI is InChI=1S/C18H16ClNO6/c1-18(2,26-15-9-5-13(19)6-10-15)17(22)25-11-16(21)12-3-7-14(8-4-12)20(23)24/h3-10H,11H2,1-2H3. The number of ketones is 1. The zero-order chi connectivity index (χ0) is 19.3. The summed E-state index contributed by atoms with van der Waals surface area (Å²) in [4.78, 5) is 34.3. The van der Waals surface area contributed by atoms with Gasteiger partial charge in [0.15, 0.2) is 18.0 Å². The molecule has 0 heterocycles. The van der Waals surface area contributed by atoms with Crippen LogP contribution in [-0.2, 0) is 9.53 Å². The van der Waals surface area contributed by atoms with Crippen LogP contribution >= 0.6 is 11.6 Å².